The molecule has 0 unspecified atom stereocenters. The standard InChI is InChI=1S/2C14H24.C13H22/c2*1-11-5-12(2)8-13(3,6-11)10-14(4,7-11)9-12;1-11-4-10-5-12(2,7-11)9-13(3,6-10)8-11/h2*5-10H2,1-4H3;10H,4-9H2,1-3H3. The van der Waals surface area contributed by atoms with Crippen LogP contribution in [0.3, 0.4) is 0 Å². The Morgan fingerprint density at radius 3 is 0.463 bits per heavy atom. The van der Waals surface area contributed by atoms with Gasteiger partial charge in [0.2, 0.25) is 0 Å². The molecule has 0 nitrogen and oxygen atoms in total. The summed E-state index contributed by atoms with van der Waals surface area (Å²) in [5.74, 6) is 1.08. The summed E-state index contributed by atoms with van der Waals surface area (Å²) >= 11 is 0. The fraction of sp³-hybridized carbons (Fsp3) is 1.00. The molecule has 0 aliphatic heterocycles. The van der Waals surface area contributed by atoms with E-state index >= 15 is 0 Å². The third-order valence-electron chi connectivity index (χ3n) is 15.1. The molecule has 0 radical (unpaired) electrons. The van der Waals surface area contributed by atoms with Gasteiger partial charge in [-0.05, 0) is 181 Å². The molecule has 0 heteroatoms. The maximum atomic E-state index is 2.55. The first-order chi connectivity index (χ1) is 18.4. The molecule has 12 aliphatic carbocycles. The van der Waals surface area contributed by atoms with Crippen molar-refractivity contribution in [1.29, 1.82) is 0 Å². The Bertz CT molecular complexity index is 803. The second kappa shape index (κ2) is 8.04. The summed E-state index contributed by atoms with van der Waals surface area (Å²) in [5.41, 5.74) is 7.68. The maximum absolute atomic E-state index is 2.55. The van der Waals surface area contributed by atoms with E-state index in [1.807, 2.05) is 0 Å². The molecule has 0 aromatic rings. The van der Waals surface area contributed by atoms with E-state index in [1.165, 1.54) is 116 Å². The van der Waals surface area contributed by atoms with Crippen molar-refractivity contribution < 1.29 is 0 Å². The monoisotopic (exact) mass is 563 g/mol. The van der Waals surface area contributed by atoms with Gasteiger partial charge in [0.15, 0.2) is 0 Å². The minimum Gasteiger partial charge on any atom is -0.0596 e. The van der Waals surface area contributed by atoms with Crippen LogP contribution in [0.15, 0.2) is 0 Å². The predicted molar refractivity (Wildman–Crippen MR) is 176 cm³/mol. The van der Waals surface area contributed by atoms with Gasteiger partial charge in [0.1, 0.15) is 0 Å². The largest absolute Gasteiger partial charge is 0.0596 e. The Balaban J connectivity index is 0.000000101. The zero-order valence-corrected chi connectivity index (χ0v) is 29.8. The van der Waals surface area contributed by atoms with Crippen LogP contribution in [-0.4, -0.2) is 0 Å². The second-order valence-corrected chi connectivity index (χ2v) is 24.0. The highest BCUT2D eigenvalue weighted by Gasteiger charge is 2.63. The minimum absolute atomic E-state index is 0.688. The van der Waals surface area contributed by atoms with Crippen molar-refractivity contribution in [3.8, 4) is 0 Å². The van der Waals surface area contributed by atoms with Crippen LogP contribution in [0.1, 0.15) is 192 Å². The smallest absolute Gasteiger partial charge is 0.0310 e. The molecular formula is C41H70. The van der Waals surface area contributed by atoms with Crippen molar-refractivity contribution >= 4 is 0 Å². The maximum Gasteiger partial charge on any atom is -0.0310 e. The van der Waals surface area contributed by atoms with Crippen LogP contribution in [0.2, 0.25) is 0 Å². The molecule has 0 aromatic carbocycles. The van der Waals surface area contributed by atoms with Crippen LogP contribution in [0.5, 0.6) is 0 Å². The van der Waals surface area contributed by atoms with Crippen LogP contribution in [-0.2, 0) is 0 Å². The van der Waals surface area contributed by atoms with Crippen LogP contribution < -0.4 is 0 Å². The Morgan fingerprint density at radius 2 is 0.341 bits per heavy atom. The second-order valence-electron chi connectivity index (χ2n) is 24.0. The van der Waals surface area contributed by atoms with E-state index in [-0.39, 0.29) is 0 Å². The highest BCUT2D eigenvalue weighted by atomic mass is 14.7. The molecule has 12 fully saturated rings. The van der Waals surface area contributed by atoms with E-state index in [2.05, 4.69) is 76.2 Å². The summed E-state index contributed by atoms with van der Waals surface area (Å²) in [5, 5.41) is 0. The molecule has 0 heterocycles. The lowest BCUT2D eigenvalue weighted by atomic mass is 9.37. The lowest BCUT2D eigenvalue weighted by Gasteiger charge is -2.68. The Labute approximate surface area is 256 Å². The van der Waals surface area contributed by atoms with E-state index in [1.54, 1.807) is 0 Å². The first-order valence-corrected chi connectivity index (χ1v) is 18.4. The highest BCUT2D eigenvalue weighted by Crippen LogP contribution is 2.75. The average Bonchev–Trinajstić information content (AvgIpc) is 2.54. The van der Waals surface area contributed by atoms with Crippen molar-refractivity contribution in [1.82, 2.24) is 0 Å². The molecule has 41 heavy (non-hydrogen) atoms. The van der Waals surface area contributed by atoms with Gasteiger partial charge in [0.25, 0.3) is 0 Å². The Morgan fingerprint density at radius 1 is 0.220 bits per heavy atom. The fourth-order valence-electron chi connectivity index (χ4n) is 19.9. The van der Waals surface area contributed by atoms with Crippen molar-refractivity contribution in [2.75, 3.05) is 0 Å². The van der Waals surface area contributed by atoms with Gasteiger partial charge in [-0.2, -0.15) is 0 Å². The molecule has 12 rings (SSSR count). The van der Waals surface area contributed by atoms with Gasteiger partial charge in [-0.25, -0.2) is 0 Å². The summed E-state index contributed by atoms with van der Waals surface area (Å²) in [6.07, 6.45) is 27.2. The first-order valence-electron chi connectivity index (χ1n) is 18.4. The summed E-state index contributed by atoms with van der Waals surface area (Å²) in [7, 11) is 0. The van der Waals surface area contributed by atoms with Crippen LogP contribution in [0.4, 0.5) is 0 Å². The quantitative estimate of drug-likeness (QED) is 0.275. The van der Waals surface area contributed by atoms with E-state index in [4.69, 9.17) is 0 Å². The zero-order valence-electron chi connectivity index (χ0n) is 29.8. The third kappa shape index (κ3) is 5.24. The van der Waals surface area contributed by atoms with E-state index < -0.39 is 0 Å². The van der Waals surface area contributed by atoms with Gasteiger partial charge in [-0.3, -0.25) is 0 Å². The third-order valence-corrected chi connectivity index (χ3v) is 15.1. The number of hydrogen-bond acceptors (Lipinski definition) is 0. The normalized spacial score (nSPS) is 65.5. The molecule has 12 saturated carbocycles. The van der Waals surface area contributed by atoms with Gasteiger partial charge in [-0.15, -0.1) is 0 Å². The molecule has 12 aliphatic rings. The fourth-order valence-corrected chi connectivity index (χ4v) is 19.9. The average molecular weight is 563 g/mol. The van der Waals surface area contributed by atoms with Crippen molar-refractivity contribution in [2.24, 2.45) is 65.5 Å². The topological polar surface area (TPSA) is 0 Å². The van der Waals surface area contributed by atoms with Gasteiger partial charge in [0, 0.05) is 0 Å². The SMILES string of the molecule is CC12CC3(C)CC(C)(C1)CC(C)(C2)C3.CC12CC3(C)CC(C)(C1)CC(C)(C2)C3.CC12CC3CC(C)(C1)CC(C)(C3)C2. The summed E-state index contributed by atoms with van der Waals surface area (Å²) in [6.45, 7) is 28.1. The highest BCUT2D eigenvalue weighted by molar-refractivity contribution is 5.14. The van der Waals surface area contributed by atoms with Crippen LogP contribution >= 0.6 is 0 Å². The van der Waals surface area contributed by atoms with Gasteiger partial charge < -0.3 is 0 Å². The van der Waals surface area contributed by atoms with Gasteiger partial charge >= 0.3 is 0 Å². The van der Waals surface area contributed by atoms with Gasteiger partial charge in [-0.1, -0.05) is 76.2 Å². The van der Waals surface area contributed by atoms with E-state index in [0.717, 1.165) is 22.2 Å². The van der Waals surface area contributed by atoms with E-state index in [9.17, 15) is 0 Å². The zero-order chi connectivity index (χ0) is 29.8. The van der Waals surface area contributed by atoms with Crippen LogP contribution in [0, 0.1) is 65.5 Å². The molecule has 0 aromatic heterocycles. The molecule has 0 amide bonds. The summed E-state index contributed by atoms with van der Waals surface area (Å²) in [6, 6.07) is 0. The lowest BCUT2D eigenvalue weighted by molar-refractivity contribution is -0.176. The van der Waals surface area contributed by atoms with Gasteiger partial charge in [0.05, 0.1) is 0 Å². The number of rotatable bonds is 0. The molecular weight excluding hydrogens is 492 g/mol. The molecule has 12 bridgehead atoms. The Kier molecular flexibility index (Phi) is 5.82. The molecule has 0 saturated heterocycles. The Hall–Kier alpha value is 0. The molecule has 0 atom stereocenters. The molecule has 234 valence electrons. The van der Waals surface area contributed by atoms with Crippen molar-refractivity contribution in [3.05, 3.63) is 0 Å². The lowest BCUT2D eigenvalue weighted by Crippen LogP contribution is -2.57. The number of hydrogen-bond donors (Lipinski definition) is 0. The first kappa shape index (κ1) is 29.7. The van der Waals surface area contributed by atoms with Crippen LogP contribution in [0.25, 0.3) is 0 Å². The summed E-state index contributed by atoms with van der Waals surface area (Å²) in [4.78, 5) is 0. The predicted octanol–water partition coefficient (Wildman–Crippen LogP) is 12.8. The van der Waals surface area contributed by atoms with E-state index in [0.29, 0.717) is 43.3 Å². The minimum atomic E-state index is 0.688. The van der Waals surface area contributed by atoms with Crippen molar-refractivity contribution in [3.63, 3.8) is 0 Å². The molecule has 0 N–H and O–H groups in total. The van der Waals surface area contributed by atoms with Crippen molar-refractivity contribution in [2.45, 2.75) is 192 Å². The molecule has 0 spiro atoms. The summed E-state index contributed by atoms with van der Waals surface area (Å²) < 4.78 is 0.